The topological polar surface area (TPSA) is 38.3 Å². The van der Waals surface area contributed by atoms with E-state index in [0.29, 0.717) is 0 Å². The Labute approximate surface area is 119 Å². The van der Waals surface area contributed by atoms with E-state index >= 15 is 0 Å². The second-order valence-electron chi connectivity index (χ2n) is 4.65. The van der Waals surface area contributed by atoms with E-state index in [1.807, 2.05) is 13.8 Å². The Balaban J connectivity index is 2.87. The van der Waals surface area contributed by atoms with Gasteiger partial charge in [0.1, 0.15) is 5.75 Å². The first-order valence-electron chi connectivity index (χ1n) is 5.78. The molecular weight excluding hydrogens is 320 g/mol. The van der Waals surface area contributed by atoms with Crippen LogP contribution in [0.5, 0.6) is 5.75 Å². The van der Waals surface area contributed by atoms with E-state index in [1.165, 1.54) is 18.2 Å². The molecule has 0 atom stereocenters. The normalized spacial score (nSPS) is 11.5. The number of nitrogens with one attached hydrogen (secondary N) is 1. The van der Waals surface area contributed by atoms with Gasteiger partial charge in [0.05, 0.1) is 5.56 Å². The molecule has 1 amide bonds. The molecule has 0 aliphatic heterocycles. The van der Waals surface area contributed by atoms with Crippen molar-refractivity contribution in [1.29, 1.82) is 0 Å². The monoisotopic (exact) mass is 335 g/mol. The van der Waals surface area contributed by atoms with Gasteiger partial charge in [-0.15, -0.1) is 0 Å². The van der Waals surface area contributed by atoms with Crippen LogP contribution in [-0.4, -0.2) is 23.4 Å². The summed E-state index contributed by atoms with van der Waals surface area (Å²) in [5.41, 5.74) is -0.330. The van der Waals surface area contributed by atoms with Crippen molar-refractivity contribution in [2.45, 2.75) is 32.4 Å². The molecule has 1 rings (SSSR count). The molecule has 1 N–H and O–H groups in total. The van der Waals surface area contributed by atoms with Gasteiger partial charge in [-0.05, 0) is 32.4 Å². The molecule has 6 heteroatoms. The number of carbonyl (C=O) groups is 1. The Hall–Kier alpha value is -1.17. The number of carbonyl (C=O) groups excluding carboxylic acids is 1. The van der Waals surface area contributed by atoms with Crippen LogP contribution in [0.1, 0.15) is 30.6 Å². The molecule has 0 aromatic heterocycles. The molecule has 19 heavy (non-hydrogen) atoms. The van der Waals surface area contributed by atoms with Crippen LogP contribution in [0.25, 0.3) is 0 Å². The average molecular weight is 336 g/mol. The van der Waals surface area contributed by atoms with E-state index in [1.54, 1.807) is 6.07 Å². The zero-order valence-corrected chi connectivity index (χ0v) is 12.3. The van der Waals surface area contributed by atoms with Gasteiger partial charge in [0, 0.05) is 10.9 Å². The Morgan fingerprint density at radius 1 is 1.42 bits per heavy atom. The van der Waals surface area contributed by atoms with Crippen LogP contribution in [0.2, 0.25) is 0 Å². The van der Waals surface area contributed by atoms with Gasteiger partial charge >= 0.3 is 6.61 Å². The molecule has 0 aliphatic carbocycles. The Bertz CT molecular complexity index is 438. The number of ether oxygens (including phenoxy) is 1. The Morgan fingerprint density at radius 2 is 2.05 bits per heavy atom. The number of hydrogen-bond donors (Lipinski definition) is 1. The number of halogens is 3. The minimum Gasteiger partial charge on any atom is -0.434 e. The largest absolute Gasteiger partial charge is 0.434 e. The summed E-state index contributed by atoms with van der Waals surface area (Å²) in [6, 6.07) is 5.94. The zero-order chi connectivity index (χ0) is 14.5. The Morgan fingerprint density at radius 3 is 2.63 bits per heavy atom. The molecule has 3 nitrogen and oxygen atoms in total. The van der Waals surface area contributed by atoms with Gasteiger partial charge in [-0.25, -0.2) is 0 Å². The smallest absolute Gasteiger partial charge is 0.387 e. The summed E-state index contributed by atoms with van der Waals surface area (Å²) in [5.74, 6) is -0.549. The molecule has 0 aliphatic rings. The minimum absolute atomic E-state index is 0.102. The summed E-state index contributed by atoms with van der Waals surface area (Å²) in [6.45, 7) is 0.773. The molecule has 0 spiro atoms. The molecule has 1 aromatic rings. The van der Waals surface area contributed by atoms with Gasteiger partial charge in [0.2, 0.25) is 0 Å². The zero-order valence-electron chi connectivity index (χ0n) is 10.8. The van der Waals surface area contributed by atoms with Crippen LogP contribution in [0, 0.1) is 0 Å². The van der Waals surface area contributed by atoms with E-state index in [0.717, 1.165) is 11.8 Å². The number of para-hydroxylation sites is 1. The number of alkyl halides is 3. The second-order valence-corrected chi connectivity index (χ2v) is 5.44. The summed E-state index contributed by atoms with van der Waals surface area (Å²) >= 11 is 3.30. The molecule has 0 unspecified atom stereocenters. The summed E-state index contributed by atoms with van der Waals surface area (Å²) < 4.78 is 28.9. The van der Waals surface area contributed by atoms with Crippen LogP contribution in [-0.2, 0) is 0 Å². The molecule has 0 radical (unpaired) electrons. The fourth-order valence-electron chi connectivity index (χ4n) is 1.53. The first kappa shape index (κ1) is 15.9. The molecule has 0 bridgehead atoms. The van der Waals surface area contributed by atoms with E-state index in [-0.39, 0.29) is 11.3 Å². The maximum Gasteiger partial charge on any atom is 0.387 e. The van der Waals surface area contributed by atoms with Gasteiger partial charge in [0.25, 0.3) is 5.91 Å². The van der Waals surface area contributed by atoms with Crippen molar-refractivity contribution in [1.82, 2.24) is 5.32 Å². The van der Waals surface area contributed by atoms with Gasteiger partial charge in [0.15, 0.2) is 0 Å². The summed E-state index contributed by atoms with van der Waals surface area (Å²) in [5, 5.41) is 3.52. The highest BCUT2D eigenvalue weighted by Gasteiger charge is 2.23. The van der Waals surface area contributed by atoms with E-state index in [9.17, 15) is 13.6 Å². The highest BCUT2D eigenvalue weighted by Crippen LogP contribution is 2.21. The van der Waals surface area contributed by atoms with Crippen LogP contribution >= 0.6 is 15.9 Å². The molecule has 0 saturated heterocycles. The maximum atomic E-state index is 12.3. The molecule has 1 aromatic carbocycles. The first-order valence-corrected chi connectivity index (χ1v) is 6.90. The van der Waals surface area contributed by atoms with Gasteiger partial charge in [-0.3, -0.25) is 4.79 Å². The standard InChI is InChI=1S/C13H16BrF2NO2/c1-13(2,7-8-14)17-11(18)9-5-3-4-6-10(9)19-12(15)16/h3-6,12H,7-8H2,1-2H3,(H,17,18). The van der Waals surface area contributed by atoms with Gasteiger partial charge in [-0.1, -0.05) is 28.1 Å². The van der Waals surface area contributed by atoms with Crippen molar-refractivity contribution in [3.8, 4) is 5.75 Å². The summed E-state index contributed by atoms with van der Waals surface area (Å²) in [7, 11) is 0. The van der Waals surface area contributed by atoms with E-state index < -0.39 is 18.1 Å². The fourth-order valence-corrected chi connectivity index (χ4v) is 2.52. The quantitative estimate of drug-likeness (QED) is 0.807. The van der Waals surface area contributed by atoms with Crippen LogP contribution < -0.4 is 10.1 Å². The van der Waals surface area contributed by atoms with Crippen molar-refractivity contribution in [2.75, 3.05) is 5.33 Å². The van der Waals surface area contributed by atoms with Crippen LogP contribution in [0.15, 0.2) is 24.3 Å². The van der Waals surface area contributed by atoms with Crippen molar-refractivity contribution in [3.63, 3.8) is 0 Å². The molecule has 106 valence electrons. The predicted octanol–water partition coefficient (Wildman–Crippen LogP) is 3.58. The highest BCUT2D eigenvalue weighted by atomic mass is 79.9. The van der Waals surface area contributed by atoms with Crippen molar-refractivity contribution < 1.29 is 18.3 Å². The lowest BCUT2D eigenvalue weighted by Crippen LogP contribution is -2.43. The molecule has 0 saturated carbocycles. The fraction of sp³-hybridized carbons (Fsp3) is 0.462. The third-order valence-electron chi connectivity index (χ3n) is 2.52. The molecular formula is C13H16BrF2NO2. The van der Waals surface area contributed by atoms with Crippen LogP contribution in [0.4, 0.5) is 8.78 Å². The van der Waals surface area contributed by atoms with Gasteiger partial charge < -0.3 is 10.1 Å². The highest BCUT2D eigenvalue weighted by molar-refractivity contribution is 9.09. The lowest BCUT2D eigenvalue weighted by Gasteiger charge is -2.25. The van der Waals surface area contributed by atoms with Crippen LogP contribution in [0.3, 0.4) is 0 Å². The number of hydrogen-bond acceptors (Lipinski definition) is 2. The second kappa shape index (κ2) is 6.84. The maximum absolute atomic E-state index is 12.3. The Kier molecular flexibility index (Phi) is 5.72. The number of amides is 1. The van der Waals surface area contributed by atoms with Crippen molar-refractivity contribution in [3.05, 3.63) is 29.8 Å². The van der Waals surface area contributed by atoms with E-state index in [2.05, 4.69) is 26.0 Å². The lowest BCUT2D eigenvalue weighted by atomic mass is 10.0. The molecule has 0 heterocycles. The number of benzene rings is 1. The van der Waals surface area contributed by atoms with Crippen molar-refractivity contribution >= 4 is 21.8 Å². The first-order chi connectivity index (χ1) is 8.85. The van der Waals surface area contributed by atoms with Gasteiger partial charge in [-0.2, -0.15) is 8.78 Å². The van der Waals surface area contributed by atoms with E-state index in [4.69, 9.17) is 0 Å². The third-order valence-corrected chi connectivity index (χ3v) is 2.92. The average Bonchev–Trinajstić information content (AvgIpc) is 2.27. The third kappa shape index (κ3) is 5.14. The SMILES string of the molecule is CC(C)(CCBr)NC(=O)c1ccccc1OC(F)F. The predicted molar refractivity (Wildman–Crippen MR) is 73.0 cm³/mol. The summed E-state index contributed by atoms with van der Waals surface area (Å²) in [4.78, 5) is 12.1. The number of rotatable bonds is 6. The minimum atomic E-state index is -2.95. The van der Waals surface area contributed by atoms with Crippen molar-refractivity contribution in [2.24, 2.45) is 0 Å². The lowest BCUT2D eigenvalue weighted by molar-refractivity contribution is -0.0501. The molecule has 0 fully saturated rings. The summed E-state index contributed by atoms with van der Waals surface area (Å²) in [6.07, 6.45) is 0.719.